The van der Waals surface area contributed by atoms with Crippen LogP contribution in [-0.2, 0) is 9.53 Å². The van der Waals surface area contributed by atoms with Crippen molar-refractivity contribution in [1.29, 1.82) is 0 Å². The molecule has 1 aliphatic rings. The maximum Gasteiger partial charge on any atom is 0.255 e. The molecule has 3 aromatic carbocycles. The van der Waals surface area contributed by atoms with Gasteiger partial charge in [0.25, 0.3) is 5.91 Å². The van der Waals surface area contributed by atoms with Crippen molar-refractivity contribution in [2.24, 2.45) is 5.10 Å². The van der Waals surface area contributed by atoms with Crippen molar-refractivity contribution < 1.29 is 14.3 Å². The zero-order valence-corrected chi connectivity index (χ0v) is 18.3. The smallest absolute Gasteiger partial charge is 0.255 e. The van der Waals surface area contributed by atoms with Crippen LogP contribution in [-0.4, -0.2) is 27.7 Å². The first-order chi connectivity index (χ1) is 16.0. The van der Waals surface area contributed by atoms with E-state index in [4.69, 9.17) is 16.3 Å². The van der Waals surface area contributed by atoms with E-state index >= 15 is 0 Å². The van der Waals surface area contributed by atoms with Crippen molar-refractivity contribution in [2.45, 2.75) is 13.2 Å². The molecule has 1 aromatic heterocycles. The van der Waals surface area contributed by atoms with E-state index in [1.807, 2.05) is 36.5 Å². The van der Waals surface area contributed by atoms with Crippen LogP contribution in [0.4, 0.5) is 5.69 Å². The summed E-state index contributed by atoms with van der Waals surface area (Å²) in [5.41, 5.74) is 3.40. The number of ether oxygens (including phenoxy) is 1. The fraction of sp³-hybridized carbons (Fsp3) is 0.0800. The van der Waals surface area contributed by atoms with Crippen LogP contribution in [0.1, 0.15) is 34.6 Å². The zero-order chi connectivity index (χ0) is 22.9. The van der Waals surface area contributed by atoms with Gasteiger partial charge in [-0.25, -0.2) is 0 Å². The van der Waals surface area contributed by atoms with Gasteiger partial charge in [0.2, 0.25) is 18.0 Å². The first-order valence-corrected chi connectivity index (χ1v) is 10.7. The van der Waals surface area contributed by atoms with Crippen molar-refractivity contribution in [3.63, 3.8) is 0 Å². The summed E-state index contributed by atoms with van der Waals surface area (Å²) in [6, 6.07) is 21.6. The summed E-state index contributed by atoms with van der Waals surface area (Å²) >= 11 is 5.99. The Morgan fingerprint density at radius 3 is 2.70 bits per heavy atom. The van der Waals surface area contributed by atoms with Crippen molar-refractivity contribution in [3.05, 3.63) is 101 Å². The minimum absolute atomic E-state index is 0.245. The molecular weight excluding hydrogens is 440 g/mol. The van der Waals surface area contributed by atoms with E-state index in [0.717, 1.165) is 16.5 Å². The highest BCUT2D eigenvalue weighted by Crippen LogP contribution is 2.34. The number of hydrogen-bond donors (Lipinski definition) is 2. The molecule has 0 bridgehead atoms. The lowest BCUT2D eigenvalue weighted by atomic mass is 10.1. The number of amides is 2. The summed E-state index contributed by atoms with van der Waals surface area (Å²) in [6.07, 6.45) is 1.13. The van der Waals surface area contributed by atoms with E-state index in [1.165, 1.54) is 11.9 Å². The highest BCUT2D eigenvalue weighted by molar-refractivity contribution is 6.31. The third-order valence-corrected chi connectivity index (χ3v) is 5.54. The summed E-state index contributed by atoms with van der Waals surface area (Å²) in [4.78, 5) is 28.1. The lowest BCUT2D eigenvalue weighted by Gasteiger charge is -2.18. The van der Waals surface area contributed by atoms with E-state index in [9.17, 15) is 9.59 Å². The molecular formula is C25H19ClN4O3. The van der Waals surface area contributed by atoms with E-state index in [-0.39, 0.29) is 11.8 Å². The van der Waals surface area contributed by atoms with Gasteiger partial charge in [0.15, 0.2) is 0 Å². The predicted octanol–water partition coefficient (Wildman–Crippen LogP) is 5.31. The van der Waals surface area contributed by atoms with Crippen LogP contribution in [0.25, 0.3) is 10.9 Å². The molecule has 8 heteroatoms. The molecule has 0 aliphatic carbocycles. The van der Waals surface area contributed by atoms with Crippen molar-refractivity contribution in [3.8, 4) is 0 Å². The number of benzene rings is 3. The fourth-order valence-corrected chi connectivity index (χ4v) is 3.94. The minimum atomic E-state index is -0.696. The Balaban J connectivity index is 1.42. The lowest BCUT2D eigenvalue weighted by Crippen LogP contribution is -2.25. The monoisotopic (exact) mass is 458 g/mol. The highest BCUT2D eigenvalue weighted by atomic mass is 35.5. The van der Waals surface area contributed by atoms with Crippen LogP contribution in [0.3, 0.4) is 0 Å². The van der Waals surface area contributed by atoms with Crippen LogP contribution in [0.5, 0.6) is 0 Å². The minimum Gasteiger partial charge on any atom is -0.446 e. The maximum absolute atomic E-state index is 12.6. The number of carbonyl (C=O) groups is 2. The van der Waals surface area contributed by atoms with Gasteiger partial charge in [-0.1, -0.05) is 41.9 Å². The average molecular weight is 459 g/mol. The largest absolute Gasteiger partial charge is 0.446 e. The number of anilines is 1. The van der Waals surface area contributed by atoms with Gasteiger partial charge in [0, 0.05) is 51.4 Å². The quantitative estimate of drug-likeness (QED) is 0.434. The second kappa shape index (κ2) is 8.44. The average Bonchev–Trinajstić information content (AvgIpc) is 3.44. The number of hydrogen-bond acceptors (Lipinski definition) is 4. The van der Waals surface area contributed by atoms with Crippen molar-refractivity contribution in [2.75, 3.05) is 5.32 Å². The first kappa shape index (κ1) is 20.8. The molecule has 164 valence electrons. The Morgan fingerprint density at radius 2 is 1.88 bits per heavy atom. The molecule has 33 heavy (non-hydrogen) atoms. The van der Waals surface area contributed by atoms with Crippen LogP contribution < -0.4 is 5.32 Å². The number of halogens is 1. The normalized spacial score (nSPS) is 15.3. The Labute approximate surface area is 194 Å². The van der Waals surface area contributed by atoms with Crippen molar-refractivity contribution >= 4 is 45.9 Å². The van der Waals surface area contributed by atoms with Gasteiger partial charge in [0.05, 0.1) is 0 Å². The summed E-state index contributed by atoms with van der Waals surface area (Å²) < 4.78 is 6.14. The lowest BCUT2D eigenvalue weighted by molar-refractivity contribution is -0.135. The Bertz CT molecular complexity index is 1410. The van der Waals surface area contributed by atoms with Gasteiger partial charge < -0.3 is 15.0 Å². The summed E-state index contributed by atoms with van der Waals surface area (Å²) in [5, 5.41) is 10.0. The standard InChI is InChI=1S/C25H19ClN4O3/c1-15(31)30-25(21-14-27-22-11-3-2-10-20(21)22)33-24(29-30)17-7-5-9-19(13-17)28-23(32)16-6-4-8-18(26)12-16/h2-14,25,27H,1H3,(H,28,32). The topological polar surface area (TPSA) is 86.8 Å². The predicted molar refractivity (Wildman–Crippen MR) is 127 cm³/mol. The van der Waals surface area contributed by atoms with Gasteiger partial charge in [-0.05, 0) is 42.5 Å². The van der Waals surface area contributed by atoms with Gasteiger partial charge >= 0.3 is 0 Å². The molecule has 0 fully saturated rings. The highest BCUT2D eigenvalue weighted by Gasteiger charge is 2.34. The number of fused-ring (bicyclic) bond motifs is 1. The summed E-state index contributed by atoms with van der Waals surface area (Å²) in [5.74, 6) is -0.240. The van der Waals surface area contributed by atoms with Crippen LogP contribution >= 0.6 is 11.6 Å². The van der Waals surface area contributed by atoms with Gasteiger partial charge in [-0.3, -0.25) is 9.59 Å². The van der Waals surface area contributed by atoms with E-state index < -0.39 is 6.23 Å². The number of aromatic nitrogens is 1. The molecule has 2 heterocycles. The molecule has 1 atom stereocenters. The fourth-order valence-electron chi connectivity index (χ4n) is 3.75. The molecule has 1 aliphatic heterocycles. The molecule has 2 amide bonds. The van der Waals surface area contributed by atoms with E-state index in [2.05, 4.69) is 15.4 Å². The van der Waals surface area contributed by atoms with Crippen LogP contribution in [0, 0.1) is 0 Å². The van der Waals surface area contributed by atoms with Crippen LogP contribution in [0.2, 0.25) is 5.02 Å². The number of nitrogens with zero attached hydrogens (tertiary/aromatic N) is 2. The SMILES string of the molecule is CC(=O)N1N=C(c2cccc(NC(=O)c3cccc(Cl)c3)c2)OC1c1c[nH]c2ccccc12. The summed E-state index contributed by atoms with van der Waals surface area (Å²) in [6.45, 7) is 1.44. The second-order valence-electron chi connectivity index (χ2n) is 7.57. The molecule has 0 saturated heterocycles. The zero-order valence-electron chi connectivity index (χ0n) is 17.6. The Kier molecular flexibility index (Phi) is 5.32. The first-order valence-electron chi connectivity index (χ1n) is 10.3. The van der Waals surface area contributed by atoms with Crippen molar-refractivity contribution in [1.82, 2.24) is 9.99 Å². The molecule has 7 nitrogen and oxygen atoms in total. The third kappa shape index (κ3) is 4.06. The van der Waals surface area contributed by atoms with Gasteiger partial charge in [-0.2, -0.15) is 5.01 Å². The van der Waals surface area contributed by atoms with E-state index in [0.29, 0.717) is 27.7 Å². The number of nitrogens with one attached hydrogen (secondary N) is 2. The number of aromatic amines is 1. The molecule has 1 unspecified atom stereocenters. The number of rotatable bonds is 4. The Hall–Kier alpha value is -4.10. The maximum atomic E-state index is 12.6. The van der Waals surface area contributed by atoms with Gasteiger partial charge in [-0.15, -0.1) is 5.10 Å². The molecule has 0 spiro atoms. The molecule has 5 rings (SSSR count). The Morgan fingerprint density at radius 1 is 1.06 bits per heavy atom. The summed E-state index contributed by atoms with van der Waals surface area (Å²) in [7, 11) is 0. The molecule has 0 saturated carbocycles. The second-order valence-corrected chi connectivity index (χ2v) is 8.01. The van der Waals surface area contributed by atoms with Crippen LogP contribution in [0.15, 0.2) is 84.1 Å². The number of hydrazone groups is 1. The molecule has 0 radical (unpaired) electrons. The molecule has 4 aromatic rings. The number of carbonyl (C=O) groups excluding carboxylic acids is 2. The van der Waals surface area contributed by atoms with E-state index in [1.54, 1.807) is 42.5 Å². The van der Waals surface area contributed by atoms with Gasteiger partial charge in [0.1, 0.15) is 0 Å². The third-order valence-electron chi connectivity index (χ3n) is 5.31. The number of H-pyrrole nitrogens is 1. The number of para-hydroxylation sites is 1. The molecule has 2 N–H and O–H groups in total.